The number of methoxy groups -OCH3 is 1. The number of nitrogens with zero attached hydrogens (tertiary/aromatic N) is 3. The van der Waals surface area contributed by atoms with Crippen LogP contribution < -0.4 is 20.9 Å². The fraction of sp³-hybridized carbons (Fsp3) is 0.190. The number of rotatable bonds is 3. The molecule has 4 rings (SSSR count). The summed E-state index contributed by atoms with van der Waals surface area (Å²) in [5.74, 6) is 1.63. The van der Waals surface area contributed by atoms with E-state index >= 15 is 0 Å². The Morgan fingerprint density at radius 3 is 2.61 bits per heavy atom. The van der Waals surface area contributed by atoms with E-state index in [0.717, 1.165) is 16.8 Å². The predicted molar refractivity (Wildman–Crippen MR) is 110 cm³/mol. The van der Waals surface area contributed by atoms with Crippen molar-refractivity contribution in [2.75, 3.05) is 17.7 Å². The number of benzene rings is 2. The number of aliphatic imine (C=N–C) groups is 1. The van der Waals surface area contributed by atoms with Crippen LogP contribution in [-0.4, -0.2) is 22.6 Å². The zero-order valence-electron chi connectivity index (χ0n) is 15.9. The zero-order valence-corrected chi connectivity index (χ0v) is 15.9. The Balaban J connectivity index is 1.80. The number of nitrogens with one attached hydrogen (secondary N) is 2. The Bertz CT molecular complexity index is 1100. The fourth-order valence-electron chi connectivity index (χ4n) is 3.15. The number of aryl methyl sites for hydroxylation is 2. The third-order valence-electron chi connectivity index (χ3n) is 4.54. The summed E-state index contributed by atoms with van der Waals surface area (Å²) in [7, 11) is 1.62. The first-order valence-electron chi connectivity index (χ1n) is 8.97. The van der Waals surface area contributed by atoms with E-state index < -0.39 is 6.17 Å². The molecule has 0 fully saturated rings. The van der Waals surface area contributed by atoms with Gasteiger partial charge in [-0.15, -0.1) is 0 Å². The van der Waals surface area contributed by atoms with Crippen LogP contribution in [0.5, 0.6) is 5.75 Å². The molecule has 2 aromatic carbocycles. The highest BCUT2D eigenvalue weighted by atomic mass is 16.5. The summed E-state index contributed by atoms with van der Waals surface area (Å²) in [4.78, 5) is 21.9. The lowest BCUT2D eigenvalue weighted by Gasteiger charge is -2.27. The number of fused-ring (bicyclic) bond motifs is 1. The maximum Gasteiger partial charge on any atom is 0.257 e. The molecule has 142 valence electrons. The van der Waals surface area contributed by atoms with Crippen molar-refractivity contribution in [1.29, 1.82) is 0 Å². The van der Waals surface area contributed by atoms with Crippen molar-refractivity contribution in [3.05, 3.63) is 81.8 Å². The van der Waals surface area contributed by atoms with Crippen molar-refractivity contribution in [2.24, 2.45) is 4.99 Å². The van der Waals surface area contributed by atoms with E-state index in [2.05, 4.69) is 15.6 Å². The van der Waals surface area contributed by atoms with Gasteiger partial charge in [0.15, 0.2) is 6.17 Å². The van der Waals surface area contributed by atoms with Crippen LogP contribution in [0, 0.1) is 13.8 Å². The Kier molecular flexibility index (Phi) is 4.57. The molecule has 0 spiro atoms. The zero-order chi connectivity index (χ0) is 19.7. The number of para-hydroxylation sites is 2. The Labute approximate surface area is 162 Å². The molecule has 1 atom stereocenters. The molecule has 3 aromatic rings. The summed E-state index contributed by atoms with van der Waals surface area (Å²) < 4.78 is 6.96. The highest BCUT2D eigenvalue weighted by molar-refractivity contribution is 6.04. The highest BCUT2D eigenvalue weighted by Gasteiger charge is 2.25. The van der Waals surface area contributed by atoms with Gasteiger partial charge in [-0.3, -0.25) is 14.7 Å². The molecule has 0 bridgehead atoms. The Morgan fingerprint density at radius 2 is 1.86 bits per heavy atom. The maximum absolute atomic E-state index is 12.7. The third kappa shape index (κ3) is 3.34. The molecule has 0 saturated carbocycles. The molecule has 0 amide bonds. The second-order valence-electron chi connectivity index (χ2n) is 6.64. The maximum atomic E-state index is 12.7. The van der Waals surface area contributed by atoms with Crippen LogP contribution in [0.1, 0.15) is 23.0 Å². The van der Waals surface area contributed by atoms with Crippen LogP contribution in [0.2, 0.25) is 0 Å². The third-order valence-corrected chi connectivity index (χ3v) is 4.54. The van der Waals surface area contributed by atoms with Gasteiger partial charge in [0.25, 0.3) is 5.56 Å². The first-order valence-corrected chi connectivity index (χ1v) is 8.97. The number of hydrogen-bond acceptors (Lipinski definition) is 6. The minimum Gasteiger partial charge on any atom is -0.495 e. The second kappa shape index (κ2) is 7.19. The molecule has 1 aliphatic heterocycles. The molecule has 2 heterocycles. The molecule has 0 radical (unpaired) electrons. The van der Waals surface area contributed by atoms with Crippen LogP contribution in [-0.2, 0) is 0 Å². The monoisotopic (exact) mass is 375 g/mol. The van der Waals surface area contributed by atoms with Gasteiger partial charge in [-0.05, 0) is 31.5 Å². The lowest BCUT2D eigenvalue weighted by atomic mass is 10.1. The number of ether oxygens (including phenoxy) is 1. The molecule has 7 heteroatoms. The largest absolute Gasteiger partial charge is 0.495 e. The summed E-state index contributed by atoms with van der Waals surface area (Å²) in [5, 5.41) is 6.37. The van der Waals surface area contributed by atoms with E-state index in [-0.39, 0.29) is 5.56 Å². The summed E-state index contributed by atoms with van der Waals surface area (Å²) in [6.45, 7) is 3.82. The van der Waals surface area contributed by atoms with Crippen LogP contribution in [0.3, 0.4) is 0 Å². The van der Waals surface area contributed by atoms with Gasteiger partial charge >= 0.3 is 0 Å². The standard InChI is InChI=1S/C21H21N5O2/c1-13-8-10-15(11-9-13)19-24-20(23-16-6-4-5-7-17(16)28-3)25-21-22-14(2)12-18(27)26(19)21/h4-12,19H,1-3H3,(H2,22,23,24,25). The van der Waals surface area contributed by atoms with Crippen molar-refractivity contribution in [3.8, 4) is 5.75 Å². The minimum atomic E-state index is -0.519. The van der Waals surface area contributed by atoms with E-state index in [4.69, 9.17) is 9.73 Å². The predicted octanol–water partition coefficient (Wildman–Crippen LogP) is 3.31. The number of anilines is 2. The van der Waals surface area contributed by atoms with Crippen LogP contribution in [0.15, 0.2) is 64.4 Å². The molecular formula is C21H21N5O2. The van der Waals surface area contributed by atoms with Gasteiger partial charge in [0.05, 0.1) is 12.8 Å². The average Bonchev–Trinajstić information content (AvgIpc) is 2.68. The lowest BCUT2D eigenvalue weighted by Crippen LogP contribution is -2.37. The van der Waals surface area contributed by atoms with Crippen LogP contribution >= 0.6 is 0 Å². The molecule has 0 saturated heterocycles. The lowest BCUT2D eigenvalue weighted by molar-refractivity contribution is 0.417. The fourth-order valence-corrected chi connectivity index (χ4v) is 3.15. The van der Waals surface area contributed by atoms with Gasteiger partial charge < -0.3 is 10.1 Å². The smallest absolute Gasteiger partial charge is 0.257 e. The topological polar surface area (TPSA) is 80.5 Å². The summed E-state index contributed by atoms with van der Waals surface area (Å²) in [6.07, 6.45) is -0.519. The molecule has 2 N–H and O–H groups in total. The van der Waals surface area contributed by atoms with Gasteiger partial charge in [0, 0.05) is 11.8 Å². The molecule has 7 nitrogen and oxygen atoms in total. The first kappa shape index (κ1) is 17.8. The molecular weight excluding hydrogens is 354 g/mol. The Hall–Kier alpha value is -3.61. The van der Waals surface area contributed by atoms with E-state index in [9.17, 15) is 4.79 Å². The number of guanidine groups is 1. The van der Waals surface area contributed by atoms with Gasteiger partial charge in [-0.25, -0.2) is 9.98 Å². The number of aromatic nitrogens is 2. The molecule has 1 aromatic heterocycles. The summed E-state index contributed by atoms with van der Waals surface area (Å²) in [6, 6.07) is 17.1. The van der Waals surface area contributed by atoms with Gasteiger partial charge in [-0.2, -0.15) is 0 Å². The first-order chi connectivity index (χ1) is 13.5. The van der Waals surface area contributed by atoms with Gasteiger partial charge in [0.1, 0.15) is 5.75 Å². The highest BCUT2D eigenvalue weighted by Crippen LogP contribution is 2.28. The van der Waals surface area contributed by atoms with Crippen molar-refractivity contribution in [2.45, 2.75) is 20.0 Å². The van der Waals surface area contributed by atoms with Crippen LogP contribution in [0.25, 0.3) is 0 Å². The number of hydrogen-bond donors (Lipinski definition) is 2. The summed E-state index contributed by atoms with van der Waals surface area (Å²) in [5.41, 5.74) is 3.30. The molecule has 28 heavy (non-hydrogen) atoms. The van der Waals surface area contributed by atoms with Gasteiger partial charge in [-0.1, -0.05) is 42.0 Å². The minimum absolute atomic E-state index is 0.152. The van der Waals surface area contributed by atoms with Crippen molar-refractivity contribution >= 4 is 17.6 Å². The van der Waals surface area contributed by atoms with Crippen molar-refractivity contribution in [1.82, 2.24) is 9.55 Å². The normalized spacial score (nSPS) is 15.2. The molecule has 1 unspecified atom stereocenters. The van der Waals surface area contributed by atoms with E-state index in [1.54, 1.807) is 18.6 Å². The van der Waals surface area contributed by atoms with Crippen molar-refractivity contribution in [3.63, 3.8) is 0 Å². The SMILES string of the molecule is COc1ccccc1NC1=NC(c2ccc(C)cc2)n2c(nc(C)cc2=O)N1. The summed E-state index contributed by atoms with van der Waals surface area (Å²) >= 11 is 0. The van der Waals surface area contributed by atoms with E-state index in [0.29, 0.717) is 23.4 Å². The van der Waals surface area contributed by atoms with E-state index in [1.807, 2.05) is 55.5 Å². The average molecular weight is 375 g/mol. The second-order valence-corrected chi connectivity index (χ2v) is 6.64. The van der Waals surface area contributed by atoms with Gasteiger partial charge in [0.2, 0.25) is 11.9 Å². The Morgan fingerprint density at radius 1 is 1.11 bits per heavy atom. The quantitative estimate of drug-likeness (QED) is 0.734. The molecule has 0 aliphatic carbocycles. The van der Waals surface area contributed by atoms with Crippen molar-refractivity contribution < 1.29 is 4.74 Å². The molecule has 1 aliphatic rings. The van der Waals surface area contributed by atoms with E-state index in [1.165, 1.54) is 6.07 Å². The van der Waals surface area contributed by atoms with Crippen LogP contribution in [0.4, 0.5) is 11.6 Å².